The van der Waals surface area contributed by atoms with Crippen LogP contribution in [-0.4, -0.2) is 31.3 Å². The highest BCUT2D eigenvalue weighted by Gasteiger charge is 2.14. The van der Waals surface area contributed by atoms with Gasteiger partial charge < -0.3 is 19.2 Å². The van der Waals surface area contributed by atoms with Crippen molar-refractivity contribution < 1.29 is 28.3 Å². The Labute approximate surface area is 152 Å². The van der Waals surface area contributed by atoms with Gasteiger partial charge in [0.15, 0.2) is 16.2 Å². The lowest BCUT2D eigenvalue weighted by molar-refractivity contribution is -0.143. The molecule has 0 bridgehead atoms. The monoisotopic (exact) mass is 409 g/mol. The van der Waals surface area contributed by atoms with E-state index in [4.69, 9.17) is 13.9 Å². The zero-order valence-electron chi connectivity index (χ0n) is 13.6. The first-order valence-electron chi connectivity index (χ1n) is 7.27. The van der Waals surface area contributed by atoms with E-state index >= 15 is 0 Å². The summed E-state index contributed by atoms with van der Waals surface area (Å²) in [6, 6.07) is 7.92. The lowest BCUT2D eigenvalue weighted by Crippen LogP contribution is -2.30. The molecule has 1 aromatic heterocycles. The van der Waals surface area contributed by atoms with Gasteiger partial charge in [-0.05, 0) is 53.2 Å². The molecule has 25 heavy (non-hydrogen) atoms. The number of halogens is 1. The quantitative estimate of drug-likeness (QED) is 0.557. The molecule has 0 saturated carbocycles. The van der Waals surface area contributed by atoms with Crippen molar-refractivity contribution in [3.8, 4) is 5.75 Å². The van der Waals surface area contributed by atoms with Crippen LogP contribution in [0.15, 0.2) is 39.4 Å². The lowest BCUT2D eigenvalue weighted by Gasteiger charge is -2.11. The summed E-state index contributed by atoms with van der Waals surface area (Å²) in [7, 11) is 1.48. The van der Waals surface area contributed by atoms with Gasteiger partial charge in [-0.3, -0.25) is 14.4 Å². The number of methoxy groups -OCH3 is 1. The van der Waals surface area contributed by atoms with Gasteiger partial charge in [-0.1, -0.05) is 0 Å². The number of amides is 1. The molecule has 0 atom stereocenters. The maximum Gasteiger partial charge on any atom is 0.325 e. The molecular weight excluding hydrogens is 394 g/mol. The number of hydrogen-bond donors (Lipinski definition) is 1. The Balaban J connectivity index is 1.90. The van der Waals surface area contributed by atoms with Crippen LogP contribution in [0.4, 0.5) is 0 Å². The number of rotatable bonds is 7. The molecule has 7 nitrogen and oxygen atoms in total. The van der Waals surface area contributed by atoms with Crippen LogP contribution < -0.4 is 10.1 Å². The van der Waals surface area contributed by atoms with Gasteiger partial charge in [-0.2, -0.15) is 0 Å². The average molecular weight is 410 g/mol. The number of carbonyl (C=O) groups excluding carboxylic acids is 3. The second-order valence-electron chi connectivity index (χ2n) is 5.03. The summed E-state index contributed by atoms with van der Waals surface area (Å²) in [5, 5.41) is 2.39. The van der Waals surface area contributed by atoms with Crippen LogP contribution in [0.5, 0.6) is 5.75 Å². The highest BCUT2D eigenvalue weighted by atomic mass is 79.9. The van der Waals surface area contributed by atoms with E-state index < -0.39 is 11.9 Å². The van der Waals surface area contributed by atoms with E-state index in [9.17, 15) is 14.4 Å². The van der Waals surface area contributed by atoms with Crippen LogP contribution in [0, 0.1) is 0 Å². The van der Waals surface area contributed by atoms with Crippen LogP contribution in [0.25, 0.3) is 0 Å². The predicted octanol–water partition coefficient (Wildman–Crippen LogP) is 2.73. The van der Waals surface area contributed by atoms with Gasteiger partial charge in [-0.15, -0.1) is 0 Å². The maximum atomic E-state index is 11.8. The van der Waals surface area contributed by atoms with E-state index in [0.717, 1.165) is 0 Å². The molecule has 0 fully saturated rings. The molecular formula is C17H16BrNO6. The van der Waals surface area contributed by atoms with E-state index in [1.807, 2.05) is 0 Å². The van der Waals surface area contributed by atoms with Crippen molar-refractivity contribution in [2.75, 3.05) is 13.7 Å². The van der Waals surface area contributed by atoms with Crippen LogP contribution in [-0.2, 0) is 16.1 Å². The fraction of sp³-hybridized carbons (Fsp3) is 0.235. The molecule has 0 spiro atoms. The first kappa shape index (κ1) is 18.7. The normalized spacial score (nSPS) is 10.2. The van der Waals surface area contributed by atoms with Crippen molar-refractivity contribution in [3.63, 3.8) is 0 Å². The molecule has 0 radical (unpaired) electrons. The van der Waals surface area contributed by atoms with E-state index in [0.29, 0.717) is 21.5 Å². The van der Waals surface area contributed by atoms with Crippen molar-refractivity contribution in [1.29, 1.82) is 0 Å². The molecule has 0 aliphatic carbocycles. The maximum absolute atomic E-state index is 11.8. The first-order chi connectivity index (χ1) is 11.9. The molecule has 1 aromatic carbocycles. The standard InChI is InChI=1S/C17H16BrNO6/c1-10(20)11-3-4-13(23-2)12(7-11)9-24-16(21)8-19-17(22)14-5-6-15(18)25-14/h3-7H,8-9H2,1-2H3,(H,19,22). The molecule has 0 aliphatic heterocycles. The van der Waals surface area contributed by atoms with Crippen molar-refractivity contribution >= 4 is 33.6 Å². The van der Waals surface area contributed by atoms with Gasteiger partial charge in [0.25, 0.3) is 5.91 Å². The minimum Gasteiger partial charge on any atom is -0.496 e. The van der Waals surface area contributed by atoms with Crippen LogP contribution >= 0.6 is 15.9 Å². The van der Waals surface area contributed by atoms with Gasteiger partial charge in [0.2, 0.25) is 0 Å². The van der Waals surface area contributed by atoms with Crippen LogP contribution in [0.1, 0.15) is 33.4 Å². The molecule has 2 aromatic rings. The van der Waals surface area contributed by atoms with E-state index in [-0.39, 0.29) is 24.7 Å². The average Bonchev–Trinajstić information content (AvgIpc) is 3.03. The smallest absolute Gasteiger partial charge is 0.325 e. The number of ketones is 1. The second kappa shape index (κ2) is 8.48. The Morgan fingerprint density at radius 2 is 1.96 bits per heavy atom. The van der Waals surface area contributed by atoms with E-state index in [2.05, 4.69) is 21.2 Å². The SMILES string of the molecule is COc1ccc(C(C)=O)cc1COC(=O)CNC(=O)c1ccc(Br)o1. The molecule has 1 amide bonds. The summed E-state index contributed by atoms with van der Waals surface area (Å²) in [5.74, 6) is -0.682. The highest BCUT2D eigenvalue weighted by Crippen LogP contribution is 2.21. The van der Waals surface area contributed by atoms with Crippen LogP contribution in [0.2, 0.25) is 0 Å². The van der Waals surface area contributed by atoms with E-state index in [1.165, 1.54) is 20.1 Å². The van der Waals surface area contributed by atoms with Gasteiger partial charge >= 0.3 is 5.97 Å². The highest BCUT2D eigenvalue weighted by molar-refractivity contribution is 9.10. The molecule has 1 heterocycles. The molecule has 0 aliphatic rings. The third kappa shape index (κ3) is 5.18. The van der Waals surface area contributed by atoms with Crippen molar-refractivity contribution in [3.05, 3.63) is 51.9 Å². The Bertz CT molecular complexity index is 798. The van der Waals surface area contributed by atoms with Gasteiger partial charge in [0.05, 0.1) is 7.11 Å². The molecule has 8 heteroatoms. The third-order valence-electron chi connectivity index (χ3n) is 3.27. The molecule has 1 N–H and O–H groups in total. The molecule has 2 rings (SSSR count). The summed E-state index contributed by atoms with van der Waals surface area (Å²) >= 11 is 3.09. The predicted molar refractivity (Wildman–Crippen MR) is 91.5 cm³/mol. The minimum absolute atomic E-state index is 0.0781. The summed E-state index contributed by atoms with van der Waals surface area (Å²) < 4.78 is 15.8. The zero-order chi connectivity index (χ0) is 18.4. The Kier molecular flexibility index (Phi) is 6.35. The number of furan rings is 1. The fourth-order valence-corrected chi connectivity index (χ4v) is 2.30. The number of Topliss-reactive ketones (excluding diaryl/α,β-unsaturated/α-hetero) is 1. The molecule has 132 valence electrons. The Hall–Kier alpha value is -2.61. The summed E-state index contributed by atoms with van der Waals surface area (Å²) in [5.41, 5.74) is 1.05. The number of ether oxygens (including phenoxy) is 2. The number of esters is 1. The minimum atomic E-state index is -0.630. The fourth-order valence-electron chi connectivity index (χ4n) is 2.00. The third-order valence-corrected chi connectivity index (χ3v) is 3.69. The summed E-state index contributed by atoms with van der Waals surface area (Å²) in [6.07, 6.45) is 0. The number of carbonyl (C=O) groups is 3. The second-order valence-corrected chi connectivity index (χ2v) is 5.81. The topological polar surface area (TPSA) is 94.8 Å². The lowest BCUT2D eigenvalue weighted by atomic mass is 10.1. The number of nitrogens with one attached hydrogen (secondary N) is 1. The summed E-state index contributed by atoms with van der Waals surface area (Å²) in [4.78, 5) is 35.0. The van der Waals surface area contributed by atoms with Gasteiger partial charge in [0.1, 0.15) is 18.9 Å². The Morgan fingerprint density at radius 3 is 2.56 bits per heavy atom. The van der Waals surface area contributed by atoms with Crippen molar-refractivity contribution in [2.24, 2.45) is 0 Å². The van der Waals surface area contributed by atoms with Gasteiger partial charge in [0, 0.05) is 11.1 Å². The van der Waals surface area contributed by atoms with Crippen molar-refractivity contribution in [2.45, 2.75) is 13.5 Å². The van der Waals surface area contributed by atoms with Crippen molar-refractivity contribution in [1.82, 2.24) is 5.32 Å². The summed E-state index contributed by atoms with van der Waals surface area (Å²) in [6.45, 7) is 1.05. The molecule has 0 saturated heterocycles. The first-order valence-corrected chi connectivity index (χ1v) is 8.07. The zero-order valence-corrected chi connectivity index (χ0v) is 15.2. The Morgan fingerprint density at radius 1 is 1.20 bits per heavy atom. The van der Waals surface area contributed by atoms with E-state index in [1.54, 1.807) is 24.3 Å². The number of hydrogen-bond acceptors (Lipinski definition) is 6. The van der Waals surface area contributed by atoms with Crippen LogP contribution in [0.3, 0.4) is 0 Å². The largest absolute Gasteiger partial charge is 0.496 e. The number of benzene rings is 1. The van der Waals surface area contributed by atoms with Gasteiger partial charge in [-0.25, -0.2) is 0 Å². The molecule has 0 unspecified atom stereocenters.